The lowest BCUT2D eigenvalue weighted by atomic mass is 9.78. The maximum absolute atomic E-state index is 13.9. The summed E-state index contributed by atoms with van der Waals surface area (Å²) in [4.78, 5) is 16.1. The summed E-state index contributed by atoms with van der Waals surface area (Å²) in [6, 6.07) is 38.1. The van der Waals surface area contributed by atoms with Gasteiger partial charge in [-0.3, -0.25) is 9.69 Å². The molecule has 1 atom stereocenters. The molecule has 42 heavy (non-hydrogen) atoms. The fraction of sp³-hybridized carbons (Fsp3) is 0.306. The molecule has 216 valence electrons. The molecule has 1 aliphatic heterocycles. The van der Waals surface area contributed by atoms with Gasteiger partial charge in [-0.1, -0.05) is 115 Å². The summed E-state index contributed by atoms with van der Waals surface area (Å²) in [7, 11) is -0.427. The van der Waals surface area contributed by atoms with Gasteiger partial charge in [0.05, 0.1) is 11.2 Å². The molecule has 4 aromatic rings. The second-order valence-corrected chi connectivity index (χ2v) is 12.0. The SMILES string of the molecule is CC1(C)OB(c2ccc(CC(C(=O)OCc3ccccc3)N(Cc3ccccc3)Cc3ccccc3)cc2)OC1(C)C. The number of carbonyl (C=O) groups excluding carboxylic acids is 1. The molecule has 5 nitrogen and oxygen atoms in total. The fourth-order valence-electron chi connectivity index (χ4n) is 5.11. The second-order valence-electron chi connectivity index (χ2n) is 12.0. The Bertz CT molecular complexity index is 1370. The first kappa shape index (κ1) is 29.8. The van der Waals surface area contributed by atoms with Crippen LogP contribution in [-0.2, 0) is 45.0 Å². The molecule has 1 fully saturated rings. The van der Waals surface area contributed by atoms with Crippen molar-refractivity contribution in [3.05, 3.63) is 138 Å². The number of ether oxygens (including phenoxy) is 1. The molecule has 1 heterocycles. The highest BCUT2D eigenvalue weighted by Crippen LogP contribution is 2.36. The van der Waals surface area contributed by atoms with Crippen LogP contribution in [0.5, 0.6) is 0 Å². The summed E-state index contributed by atoms with van der Waals surface area (Å²) in [6.45, 7) is 9.70. The summed E-state index contributed by atoms with van der Waals surface area (Å²) >= 11 is 0. The maximum Gasteiger partial charge on any atom is 0.494 e. The van der Waals surface area contributed by atoms with Crippen LogP contribution in [-0.4, -0.2) is 35.2 Å². The fourth-order valence-corrected chi connectivity index (χ4v) is 5.11. The molecule has 4 aromatic carbocycles. The average Bonchev–Trinajstić information content (AvgIpc) is 3.22. The zero-order valence-corrected chi connectivity index (χ0v) is 25.0. The smallest absolute Gasteiger partial charge is 0.460 e. The number of carbonyl (C=O) groups is 1. The number of rotatable bonds is 11. The highest BCUT2D eigenvalue weighted by molar-refractivity contribution is 6.62. The lowest BCUT2D eigenvalue weighted by Crippen LogP contribution is -2.43. The predicted octanol–water partition coefficient (Wildman–Crippen LogP) is 6.34. The molecule has 0 aromatic heterocycles. The zero-order valence-electron chi connectivity index (χ0n) is 25.0. The first-order valence-corrected chi connectivity index (χ1v) is 14.7. The van der Waals surface area contributed by atoms with Gasteiger partial charge in [-0.25, -0.2) is 0 Å². The molecule has 6 heteroatoms. The molecule has 0 radical (unpaired) electrons. The van der Waals surface area contributed by atoms with E-state index < -0.39 is 24.4 Å². The van der Waals surface area contributed by atoms with Gasteiger partial charge in [0.1, 0.15) is 12.6 Å². The van der Waals surface area contributed by atoms with Crippen molar-refractivity contribution in [2.75, 3.05) is 0 Å². The minimum atomic E-state index is -0.489. The van der Waals surface area contributed by atoms with Crippen molar-refractivity contribution >= 4 is 18.6 Å². The Hall–Kier alpha value is -3.71. The van der Waals surface area contributed by atoms with E-state index in [-0.39, 0.29) is 12.6 Å². The molecule has 0 saturated carbocycles. The van der Waals surface area contributed by atoms with Crippen LogP contribution in [0.2, 0.25) is 0 Å². The molecule has 0 aliphatic carbocycles. The van der Waals surface area contributed by atoms with E-state index >= 15 is 0 Å². The summed E-state index contributed by atoms with van der Waals surface area (Å²) < 4.78 is 18.4. The van der Waals surface area contributed by atoms with Gasteiger partial charge in [-0.05, 0) is 61.8 Å². The predicted molar refractivity (Wildman–Crippen MR) is 168 cm³/mol. The number of hydrogen-bond donors (Lipinski definition) is 0. The molecular formula is C36H40BNO4. The number of esters is 1. The van der Waals surface area contributed by atoms with E-state index in [1.807, 2.05) is 78.9 Å². The summed E-state index contributed by atoms with van der Waals surface area (Å²) in [5.74, 6) is -0.235. The third-order valence-corrected chi connectivity index (χ3v) is 8.33. The Kier molecular flexibility index (Phi) is 9.27. The van der Waals surface area contributed by atoms with Gasteiger partial charge in [-0.15, -0.1) is 0 Å². The molecule has 0 bridgehead atoms. The van der Waals surface area contributed by atoms with Crippen molar-refractivity contribution in [2.45, 2.75) is 71.1 Å². The molecule has 5 rings (SSSR count). The number of benzene rings is 4. The van der Waals surface area contributed by atoms with Gasteiger partial charge in [0.2, 0.25) is 0 Å². The second kappa shape index (κ2) is 13.1. The van der Waals surface area contributed by atoms with Crippen molar-refractivity contribution < 1.29 is 18.8 Å². The Labute approximate surface area is 250 Å². The monoisotopic (exact) mass is 561 g/mol. The van der Waals surface area contributed by atoms with Crippen LogP contribution >= 0.6 is 0 Å². The van der Waals surface area contributed by atoms with Gasteiger partial charge < -0.3 is 14.0 Å². The first-order chi connectivity index (χ1) is 20.2. The van der Waals surface area contributed by atoms with E-state index in [1.165, 1.54) is 0 Å². The number of hydrogen-bond acceptors (Lipinski definition) is 5. The van der Waals surface area contributed by atoms with E-state index in [2.05, 4.69) is 69.0 Å². The lowest BCUT2D eigenvalue weighted by Gasteiger charge is -2.32. The summed E-state index contributed by atoms with van der Waals surface area (Å²) in [5.41, 5.74) is 4.46. The van der Waals surface area contributed by atoms with Gasteiger partial charge >= 0.3 is 13.1 Å². The largest absolute Gasteiger partial charge is 0.494 e. The molecule has 1 saturated heterocycles. The lowest BCUT2D eigenvalue weighted by molar-refractivity contribution is -0.152. The van der Waals surface area contributed by atoms with Crippen LogP contribution < -0.4 is 5.46 Å². The van der Waals surface area contributed by atoms with Crippen LogP contribution in [0.4, 0.5) is 0 Å². The Morgan fingerprint density at radius 2 is 1.12 bits per heavy atom. The minimum Gasteiger partial charge on any atom is -0.460 e. The molecule has 0 N–H and O–H groups in total. The summed E-state index contributed by atoms with van der Waals surface area (Å²) in [6.07, 6.45) is 0.511. The van der Waals surface area contributed by atoms with Gasteiger partial charge in [0, 0.05) is 13.1 Å². The van der Waals surface area contributed by atoms with E-state index in [4.69, 9.17) is 14.0 Å². The summed E-state index contributed by atoms with van der Waals surface area (Å²) in [5, 5.41) is 0. The highest BCUT2D eigenvalue weighted by Gasteiger charge is 2.51. The van der Waals surface area contributed by atoms with Gasteiger partial charge in [-0.2, -0.15) is 0 Å². The van der Waals surface area contributed by atoms with Crippen LogP contribution in [0, 0.1) is 0 Å². The molecule has 1 aliphatic rings. The first-order valence-electron chi connectivity index (χ1n) is 14.7. The van der Waals surface area contributed by atoms with E-state index in [0.29, 0.717) is 19.5 Å². The van der Waals surface area contributed by atoms with Gasteiger partial charge in [0.25, 0.3) is 0 Å². The third kappa shape index (κ3) is 7.38. The van der Waals surface area contributed by atoms with Crippen LogP contribution in [0.25, 0.3) is 0 Å². The molecule has 1 unspecified atom stereocenters. The molecule has 0 spiro atoms. The maximum atomic E-state index is 13.9. The average molecular weight is 562 g/mol. The van der Waals surface area contributed by atoms with Crippen molar-refractivity contribution in [3.63, 3.8) is 0 Å². The van der Waals surface area contributed by atoms with E-state index in [0.717, 1.165) is 27.7 Å². The van der Waals surface area contributed by atoms with Gasteiger partial charge in [0.15, 0.2) is 0 Å². The minimum absolute atomic E-state index is 0.235. The normalized spacial score (nSPS) is 16.4. The molecule has 0 amide bonds. The Balaban J connectivity index is 1.40. The van der Waals surface area contributed by atoms with Crippen LogP contribution in [0.15, 0.2) is 115 Å². The topological polar surface area (TPSA) is 48.0 Å². The third-order valence-electron chi connectivity index (χ3n) is 8.33. The number of nitrogens with zero attached hydrogens (tertiary/aromatic N) is 1. The van der Waals surface area contributed by atoms with Crippen molar-refractivity contribution in [2.24, 2.45) is 0 Å². The quantitative estimate of drug-likeness (QED) is 0.158. The Morgan fingerprint density at radius 1 is 0.667 bits per heavy atom. The van der Waals surface area contributed by atoms with Crippen molar-refractivity contribution in [1.82, 2.24) is 4.90 Å². The van der Waals surface area contributed by atoms with Crippen molar-refractivity contribution in [1.29, 1.82) is 0 Å². The highest BCUT2D eigenvalue weighted by atomic mass is 16.7. The standard InChI is InChI=1S/C36H40BNO4/c1-35(2)36(3,4)42-37(41-35)32-22-20-28(21-23-32)24-33(34(39)40-27-31-18-12-7-13-19-31)38(25-29-14-8-5-9-15-29)26-30-16-10-6-11-17-30/h5-23,33H,24-27H2,1-4H3. The zero-order chi connectivity index (χ0) is 29.6. The van der Waals surface area contributed by atoms with Crippen LogP contribution in [0.1, 0.15) is 49.9 Å². The molecular weight excluding hydrogens is 521 g/mol. The Morgan fingerprint density at radius 3 is 1.60 bits per heavy atom. The van der Waals surface area contributed by atoms with Crippen LogP contribution in [0.3, 0.4) is 0 Å². The van der Waals surface area contributed by atoms with E-state index in [1.54, 1.807) is 0 Å². The van der Waals surface area contributed by atoms with Crippen molar-refractivity contribution in [3.8, 4) is 0 Å². The van der Waals surface area contributed by atoms with E-state index in [9.17, 15) is 4.79 Å².